The van der Waals surface area contributed by atoms with Crippen LogP contribution in [-0.2, 0) is 13.7 Å². The van der Waals surface area contributed by atoms with Crippen LogP contribution in [0.15, 0.2) is 42.9 Å². The Hall–Kier alpha value is -4.09. The summed E-state index contributed by atoms with van der Waals surface area (Å²) in [6.45, 7) is 0.0837. The third kappa shape index (κ3) is 3.10. The van der Waals surface area contributed by atoms with Crippen LogP contribution in [0.4, 0.5) is 11.9 Å². The van der Waals surface area contributed by atoms with Gasteiger partial charge in [-0.1, -0.05) is 17.1 Å². The van der Waals surface area contributed by atoms with Crippen molar-refractivity contribution in [2.24, 2.45) is 7.05 Å². The highest BCUT2D eigenvalue weighted by Gasteiger charge is 2.16. The summed E-state index contributed by atoms with van der Waals surface area (Å²) < 4.78 is 4.44. The highest BCUT2D eigenvalue weighted by Crippen LogP contribution is 2.18. The Balaban J connectivity index is 1.49. The van der Waals surface area contributed by atoms with Crippen molar-refractivity contribution in [1.82, 2.24) is 34.1 Å². The van der Waals surface area contributed by atoms with Crippen LogP contribution in [0.25, 0.3) is 11.0 Å². The zero-order valence-corrected chi connectivity index (χ0v) is 14.1. The van der Waals surface area contributed by atoms with Gasteiger partial charge in [-0.25, -0.2) is 9.67 Å². The van der Waals surface area contributed by atoms with Gasteiger partial charge in [-0.2, -0.15) is 9.78 Å². The first kappa shape index (κ1) is 16.4. The zero-order valence-electron chi connectivity index (χ0n) is 14.1. The molecule has 0 saturated carbocycles. The molecule has 27 heavy (non-hydrogen) atoms. The Morgan fingerprint density at radius 2 is 2.04 bits per heavy atom. The molecule has 0 fully saturated rings. The number of nitro groups is 1. The average molecular weight is 367 g/mol. The summed E-state index contributed by atoms with van der Waals surface area (Å²) in [5.74, 6) is -0.513. The monoisotopic (exact) mass is 367 g/mol. The second-order valence-corrected chi connectivity index (χ2v) is 5.66. The van der Waals surface area contributed by atoms with Gasteiger partial charge in [0.05, 0.1) is 11.0 Å². The van der Waals surface area contributed by atoms with Crippen LogP contribution in [0, 0.1) is 10.1 Å². The van der Waals surface area contributed by atoms with Gasteiger partial charge in [-0.05, 0) is 23.1 Å². The molecule has 0 aliphatic heterocycles. The Kier molecular flexibility index (Phi) is 3.84. The Bertz CT molecular complexity index is 1160. The van der Waals surface area contributed by atoms with Gasteiger partial charge >= 0.3 is 5.95 Å². The third-order valence-electron chi connectivity index (χ3n) is 3.86. The summed E-state index contributed by atoms with van der Waals surface area (Å²) in [6.07, 6.45) is 2.79. The molecule has 3 aromatic heterocycles. The fraction of sp³-hybridized carbons (Fsp3) is 0.133. The van der Waals surface area contributed by atoms with E-state index in [0.29, 0.717) is 5.95 Å². The largest absolute Gasteiger partial charge is 0.491 e. The minimum absolute atomic E-state index is 0.0837. The maximum atomic E-state index is 12.4. The molecule has 1 amide bonds. The van der Waals surface area contributed by atoms with E-state index in [-0.39, 0.29) is 12.4 Å². The third-order valence-corrected chi connectivity index (χ3v) is 3.86. The van der Waals surface area contributed by atoms with E-state index in [0.717, 1.165) is 11.0 Å². The summed E-state index contributed by atoms with van der Waals surface area (Å²) in [4.78, 5) is 30.3. The first-order valence-electron chi connectivity index (χ1n) is 7.81. The first-order valence-corrected chi connectivity index (χ1v) is 7.81. The van der Waals surface area contributed by atoms with E-state index < -0.39 is 16.8 Å². The van der Waals surface area contributed by atoms with Crippen LogP contribution in [0.5, 0.6) is 0 Å². The number of rotatable bonds is 5. The summed E-state index contributed by atoms with van der Waals surface area (Å²) in [6, 6.07) is 9.06. The van der Waals surface area contributed by atoms with Crippen molar-refractivity contribution in [3.05, 3.63) is 58.7 Å². The quantitative estimate of drug-likeness (QED) is 0.410. The molecule has 1 N–H and O–H groups in total. The number of amides is 1. The molecule has 4 aromatic rings. The number of hydrogen-bond acceptors (Lipinski definition) is 7. The topological polar surface area (TPSA) is 139 Å². The van der Waals surface area contributed by atoms with Crippen molar-refractivity contribution in [2.45, 2.75) is 6.67 Å². The molecule has 0 unspecified atom stereocenters. The summed E-state index contributed by atoms with van der Waals surface area (Å²) >= 11 is 0. The lowest BCUT2D eigenvalue weighted by Gasteiger charge is -2.03. The number of aryl methyl sites for hydroxylation is 1. The number of nitrogens with zero attached hydrogens (tertiary/aromatic N) is 8. The highest BCUT2D eigenvalue weighted by molar-refractivity contribution is 6.02. The number of fused-ring (bicyclic) bond motifs is 1. The number of hydrogen-bond donors (Lipinski definition) is 1. The van der Waals surface area contributed by atoms with Crippen LogP contribution in [0.2, 0.25) is 0 Å². The van der Waals surface area contributed by atoms with Crippen molar-refractivity contribution >= 4 is 28.8 Å². The number of para-hydroxylation sites is 2. The zero-order chi connectivity index (χ0) is 19.0. The summed E-state index contributed by atoms with van der Waals surface area (Å²) in [5, 5.41) is 21.2. The normalized spacial score (nSPS) is 11.0. The van der Waals surface area contributed by atoms with E-state index in [1.807, 2.05) is 24.3 Å². The SMILES string of the molecule is Cn1c(NC(=O)c2ccn(Cn3cnc([N+](=O)[O-])n3)n2)nc2ccccc21. The minimum atomic E-state index is -0.685. The Morgan fingerprint density at radius 3 is 2.78 bits per heavy atom. The van der Waals surface area contributed by atoms with Gasteiger partial charge in [0.2, 0.25) is 12.3 Å². The number of anilines is 1. The minimum Gasteiger partial charge on any atom is -0.390 e. The molecule has 3 heterocycles. The van der Waals surface area contributed by atoms with Crippen LogP contribution in [-0.4, -0.2) is 44.9 Å². The standard InChI is InChI=1S/C15H13N9O3/c1-21-12-5-3-2-4-10(12)17-15(21)18-13(25)11-6-7-22(19-11)9-23-8-16-14(20-23)24(26)27/h2-8H,9H2,1H3,(H,17,18,25). The van der Waals surface area contributed by atoms with E-state index in [1.165, 1.54) is 21.8 Å². The summed E-state index contributed by atoms with van der Waals surface area (Å²) in [7, 11) is 1.81. The fourth-order valence-corrected chi connectivity index (χ4v) is 2.57. The van der Waals surface area contributed by atoms with E-state index in [9.17, 15) is 14.9 Å². The van der Waals surface area contributed by atoms with Crippen LogP contribution in [0.1, 0.15) is 10.5 Å². The molecule has 0 saturated heterocycles. The Labute approximate surface area is 151 Å². The van der Waals surface area contributed by atoms with Gasteiger partial charge in [-0.3, -0.25) is 10.1 Å². The van der Waals surface area contributed by atoms with Crippen molar-refractivity contribution in [2.75, 3.05) is 5.32 Å². The van der Waals surface area contributed by atoms with E-state index in [1.54, 1.807) is 17.8 Å². The van der Waals surface area contributed by atoms with Crippen molar-refractivity contribution < 1.29 is 9.72 Å². The molecule has 0 bridgehead atoms. The predicted molar refractivity (Wildman–Crippen MR) is 93.0 cm³/mol. The number of aromatic nitrogens is 7. The number of benzene rings is 1. The van der Waals surface area contributed by atoms with Gasteiger partial charge in [0.15, 0.2) is 12.4 Å². The van der Waals surface area contributed by atoms with Crippen molar-refractivity contribution in [3.63, 3.8) is 0 Å². The predicted octanol–water partition coefficient (Wildman–Crippen LogP) is 1.03. The van der Waals surface area contributed by atoms with Gasteiger partial charge in [0, 0.05) is 18.3 Å². The molecule has 0 atom stereocenters. The lowest BCUT2D eigenvalue weighted by molar-refractivity contribution is -0.394. The van der Waals surface area contributed by atoms with Gasteiger partial charge in [0.1, 0.15) is 0 Å². The maximum Gasteiger partial charge on any atom is 0.491 e. The molecule has 12 nitrogen and oxygen atoms in total. The second kappa shape index (κ2) is 6.33. The average Bonchev–Trinajstić information content (AvgIpc) is 3.36. The van der Waals surface area contributed by atoms with E-state index in [2.05, 4.69) is 25.5 Å². The maximum absolute atomic E-state index is 12.4. The van der Waals surface area contributed by atoms with Crippen LogP contribution in [0.3, 0.4) is 0 Å². The number of carbonyl (C=O) groups is 1. The summed E-state index contributed by atoms with van der Waals surface area (Å²) in [5.41, 5.74) is 1.84. The molecule has 0 spiro atoms. The molecular weight excluding hydrogens is 354 g/mol. The van der Waals surface area contributed by atoms with Crippen LogP contribution < -0.4 is 5.32 Å². The molecule has 136 valence electrons. The van der Waals surface area contributed by atoms with Crippen molar-refractivity contribution in [1.29, 1.82) is 0 Å². The van der Waals surface area contributed by atoms with Gasteiger partial charge in [0.25, 0.3) is 5.91 Å². The second-order valence-electron chi connectivity index (χ2n) is 5.66. The molecule has 0 radical (unpaired) electrons. The highest BCUT2D eigenvalue weighted by atomic mass is 16.6. The smallest absolute Gasteiger partial charge is 0.390 e. The molecular formula is C15H13N9O3. The van der Waals surface area contributed by atoms with E-state index in [4.69, 9.17) is 0 Å². The van der Waals surface area contributed by atoms with Gasteiger partial charge in [-0.15, -0.1) is 0 Å². The number of carbonyl (C=O) groups excluding carboxylic acids is 1. The Morgan fingerprint density at radius 1 is 1.22 bits per heavy atom. The lowest BCUT2D eigenvalue weighted by Crippen LogP contribution is -2.17. The first-order chi connectivity index (χ1) is 13.0. The molecule has 4 rings (SSSR count). The molecule has 12 heteroatoms. The molecule has 0 aliphatic carbocycles. The van der Waals surface area contributed by atoms with Crippen LogP contribution >= 0.6 is 0 Å². The lowest BCUT2D eigenvalue weighted by atomic mass is 10.3. The fourth-order valence-electron chi connectivity index (χ4n) is 2.57. The number of imidazole rings is 1. The number of nitrogens with one attached hydrogen (secondary N) is 1. The van der Waals surface area contributed by atoms with Gasteiger partial charge < -0.3 is 14.7 Å². The molecule has 0 aliphatic rings. The molecule has 1 aromatic carbocycles. The van der Waals surface area contributed by atoms with E-state index >= 15 is 0 Å². The van der Waals surface area contributed by atoms with Crippen molar-refractivity contribution in [3.8, 4) is 0 Å².